The molecule has 2 aliphatic rings. The lowest BCUT2D eigenvalue weighted by Gasteiger charge is -2.21. The van der Waals surface area contributed by atoms with Gasteiger partial charge in [-0.05, 0) is 12.2 Å². The molecule has 7 heteroatoms. The van der Waals surface area contributed by atoms with E-state index in [0.717, 1.165) is 0 Å². The number of fused-ring (bicyclic) bond motifs is 1. The monoisotopic (exact) mass is 236 g/mol. The second kappa shape index (κ2) is 3.32. The first-order valence-corrected chi connectivity index (χ1v) is 6.65. The molecule has 0 saturated carbocycles. The van der Waals surface area contributed by atoms with Gasteiger partial charge in [0.05, 0.1) is 30.2 Å². The number of aliphatic hydroxyl groups is 1. The van der Waals surface area contributed by atoms with Crippen LogP contribution in [-0.2, 0) is 9.84 Å². The lowest BCUT2D eigenvalue weighted by atomic mass is 10.2. The SMILES string of the molecule is O=S1(=O)C[C@@H]2[C@@H](C1)NC(=S)N2CCO. The Morgan fingerprint density at radius 1 is 1.57 bits per heavy atom. The maximum absolute atomic E-state index is 11.3. The van der Waals surface area contributed by atoms with Crippen LogP contribution in [0, 0.1) is 0 Å². The molecule has 0 aliphatic carbocycles. The molecule has 0 spiro atoms. The van der Waals surface area contributed by atoms with Crippen LogP contribution in [0.5, 0.6) is 0 Å². The minimum atomic E-state index is -2.93. The van der Waals surface area contributed by atoms with Gasteiger partial charge in [-0.25, -0.2) is 8.42 Å². The van der Waals surface area contributed by atoms with Gasteiger partial charge in [0, 0.05) is 6.54 Å². The van der Waals surface area contributed by atoms with Crippen LogP contribution in [0.25, 0.3) is 0 Å². The van der Waals surface area contributed by atoms with Gasteiger partial charge >= 0.3 is 0 Å². The first kappa shape index (κ1) is 10.1. The first-order chi connectivity index (χ1) is 6.53. The highest BCUT2D eigenvalue weighted by Gasteiger charge is 2.46. The molecule has 2 heterocycles. The highest BCUT2D eigenvalue weighted by atomic mass is 32.2. The number of aliphatic hydroxyl groups excluding tert-OH is 1. The Kier molecular flexibility index (Phi) is 2.40. The van der Waals surface area contributed by atoms with E-state index in [0.29, 0.717) is 11.7 Å². The first-order valence-electron chi connectivity index (χ1n) is 4.42. The van der Waals surface area contributed by atoms with Crippen molar-refractivity contribution in [3.63, 3.8) is 0 Å². The Bertz CT molecular complexity index is 354. The van der Waals surface area contributed by atoms with E-state index in [9.17, 15) is 8.42 Å². The molecular formula is C7H12N2O3S2. The minimum absolute atomic E-state index is 0.00884. The smallest absolute Gasteiger partial charge is 0.169 e. The van der Waals surface area contributed by atoms with Crippen molar-refractivity contribution in [2.45, 2.75) is 12.1 Å². The summed E-state index contributed by atoms with van der Waals surface area (Å²) in [6, 6.07) is -0.168. The topological polar surface area (TPSA) is 69.6 Å². The fraction of sp³-hybridized carbons (Fsp3) is 0.857. The van der Waals surface area contributed by atoms with Gasteiger partial charge in [0.1, 0.15) is 0 Å². The van der Waals surface area contributed by atoms with Crippen LogP contribution in [0.2, 0.25) is 0 Å². The minimum Gasteiger partial charge on any atom is -0.395 e. The molecule has 80 valence electrons. The molecule has 2 rings (SSSR count). The van der Waals surface area contributed by atoms with Gasteiger partial charge in [-0.15, -0.1) is 0 Å². The molecule has 5 nitrogen and oxygen atoms in total. The van der Waals surface area contributed by atoms with Crippen LogP contribution < -0.4 is 5.32 Å². The predicted molar refractivity (Wildman–Crippen MR) is 55.8 cm³/mol. The van der Waals surface area contributed by atoms with Crippen LogP contribution in [0.1, 0.15) is 0 Å². The number of nitrogens with one attached hydrogen (secondary N) is 1. The predicted octanol–water partition coefficient (Wildman–Crippen LogP) is -1.67. The number of thiocarbonyl (C=S) groups is 1. The van der Waals surface area contributed by atoms with Crippen molar-refractivity contribution in [1.29, 1.82) is 0 Å². The zero-order valence-electron chi connectivity index (χ0n) is 7.51. The van der Waals surface area contributed by atoms with Gasteiger partial charge in [0.15, 0.2) is 14.9 Å². The second-order valence-electron chi connectivity index (χ2n) is 3.62. The number of rotatable bonds is 2. The van der Waals surface area contributed by atoms with Crippen LogP contribution >= 0.6 is 12.2 Å². The molecule has 2 aliphatic heterocycles. The number of nitrogens with zero attached hydrogens (tertiary/aromatic N) is 1. The standard InChI is InChI=1S/C7H12N2O3S2/c10-2-1-9-6-4-14(11,12)3-5(6)8-7(9)13/h5-6,10H,1-4H2,(H,8,13)/t5-,6-/m1/s1. The Morgan fingerprint density at radius 3 is 2.93 bits per heavy atom. The Morgan fingerprint density at radius 2 is 2.29 bits per heavy atom. The summed E-state index contributed by atoms with van der Waals surface area (Å²) >= 11 is 5.04. The fourth-order valence-corrected chi connectivity index (χ4v) is 4.34. The van der Waals surface area contributed by atoms with Crippen LogP contribution in [0.4, 0.5) is 0 Å². The van der Waals surface area contributed by atoms with E-state index >= 15 is 0 Å². The van der Waals surface area contributed by atoms with Gasteiger partial charge in [0.25, 0.3) is 0 Å². The van der Waals surface area contributed by atoms with Crippen LogP contribution in [0.3, 0.4) is 0 Å². The summed E-state index contributed by atoms with van der Waals surface area (Å²) in [7, 11) is -2.93. The largest absolute Gasteiger partial charge is 0.395 e. The van der Waals surface area contributed by atoms with Gasteiger partial charge in [-0.3, -0.25) is 0 Å². The summed E-state index contributed by atoms with van der Waals surface area (Å²) in [6.45, 7) is 0.396. The molecular weight excluding hydrogens is 224 g/mol. The van der Waals surface area contributed by atoms with Crippen LogP contribution in [-0.4, -0.2) is 60.3 Å². The third-order valence-electron chi connectivity index (χ3n) is 2.63. The molecule has 0 bridgehead atoms. The van der Waals surface area contributed by atoms with E-state index in [2.05, 4.69) is 5.32 Å². The Balaban J connectivity index is 2.17. The highest BCUT2D eigenvalue weighted by Crippen LogP contribution is 2.23. The maximum Gasteiger partial charge on any atom is 0.169 e. The zero-order chi connectivity index (χ0) is 10.3. The maximum atomic E-state index is 11.3. The molecule has 14 heavy (non-hydrogen) atoms. The molecule has 0 unspecified atom stereocenters. The summed E-state index contributed by atoms with van der Waals surface area (Å²) in [5.74, 6) is 0.296. The number of β-amino-alcohol motifs (C(OH)–C–C–N with tert-alkyl or cyclic N) is 1. The summed E-state index contributed by atoms with van der Waals surface area (Å²) < 4.78 is 22.7. The molecule has 0 aromatic rings. The van der Waals surface area contributed by atoms with Crippen molar-refractivity contribution in [2.75, 3.05) is 24.7 Å². The summed E-state index contributed by atoms with van der Waals surface area (Å²) in [5, 5.41) is 12.3. The second-order valence-corrected chi connectivity index (χ2v) is 6.16. The Labute approximate surface area is 88.0 Å². The average molecular weight is 236 g/mol. The normalized spacial score (nSPS) is 34.4. The fourth-order valence-electron chi connectivity index (χ4n) is 2.04. The van der Waals surface area contributed by atoms with Crippen LogP contribution in [0.15, 0.2) is 0 Å². The van der Waals surface area contributed by atoms with Crippen molar-refractivity contribution in [1.82, 2.24) is 10.2 Å². The quantitative estimate of drug-likeness (QED) is 0.559. The van der Waals surface area contributed by atoms with E-state index in [1.54, 1.807) is 4.90 Å². The molecule has 2 fully saturated rings. The van der Waals surface area contributed by atoms with Crippen molar-refractivity contribution in [2.24, 2.45) is 0 Å². The molecule has 0 aromatic heterocycles. The van der Waals surface area contributed by atoms with Crippen molar-refractivity contribution in [3.05, 3.63) is 0 Å². The molecule has 0 amide bonds. The summed E-state index contributed by atoms with van der Waals surface area (Å²) in [4.78, 5) is 1.77. The highest BCUT2D eigenvalue weighted by molar-refractivity contribution is 7.91. The van der Waals surface area contributed by atoms with Crippen molar-refractivity contribution in [3.8, 4) is 0 Å². The van der Waals surface area contributed by atoms with E-state index < -0.39 is 9.84 Å². The molecule has 2 saturated heterocycles. The van der Waals surface area contributed by atoms with E-state index in [1.807, 2.05) is 0 Å². The molecule has 0 radical (unpaired) electrons. The van der Waals surface area contributed by atoms with Gasteiger partial charge < -0.3 is 15.3 Å². The molecule has 2 N–H and O–H groups in total. The zero-order valence-corrected chi connectivity index (χ0v) is 9.14. The van der Waals surface area contributed by atoms with Gasteiger partial charge in [0.2, 0.25) is 0 Å². The lowest BCUT2D eigenvalue weighted by molar-refractivity contribution is 0.235. The molecule has 0 aromatic carbocycles. The van der Waals surface area contributed by atoms with Gasteiger partial charge in [-0.2, -0.15) is 0 Å². The third-order valence-corrected chi connectivity index (χ3v) is 4.70. The van der Waals surface area contributed by atoms with E-state index in [-0.39, 0.29) is 30.2 Å². The van der Waals surface area contributed by atoms with Gasteiger partial charge in [-0.1, -0.05) is 0 Å². The molecule has 2 atom stereocenters. The number of hydrogen-bond acceptors (Lipinski definition) is 4. The Hall–Kier alpha value is -0.400. The summed E-state index contributed by atoms with van der Waals surface area (Å²) in [5.41, 5.74) is 0. The van der Waals surface area contributed by atoms with E-state index in [1.165, 1.54) is 0 Å². The number of sulfone groups is 1. The number of hydrogen-bond donors (Lipinski definition) is 2. The lowest BCUT2D eigenvalue weighted by Crippen LogP contribution is -2.38. The van der Waals surface area contributed by atoms with Crippen molar-refractivity contribution >= 4 is 27.2 Å². The summed E-state index contributed by atoms with van der Waals surface area (Å²) in [6.07, 6.45) is 0. The third kappa shape index (κ3) is 1.59. The van der Waals surface area contributed by atoms with E-state index in [4.69, 9.17) is 17.3 Å². The van der Waals surface area contributed by atoms with Crippen molar-refractivity contribution < 1.29 is 13.5 Å². The average Bonchev–Trinajstić information content (AvgIpc) is 2.47.